The fraction of sp³-hybridized carbons (Fsp3) is 0.905. The summed E-state index contributed by atoms with van der Waals surface area (Å²) >= 11 is 0. The normalized spacial score (nSPS) is 18.9. The lowest BCUT2D eigenvalue weighted by atomic mass is 10.2. The van der Waals surface area contributed by atoms with Crippen LogP contribution in [-0.4, -0.2) is 73.1 Å². The van der Waals surface area contributed by atoms with Gasteiger partial charge in [0.15, 0.2) is 11.9 Å². The van der Waals surface area contributed by atoms with Gasteiger partial charge in [-0.2, -0.15) is 0 Å². The van der Waals surface area contributed by atoms with Gasteiger partial charge in [0.25, 0.3) is 0 Å². The van der Waals surface area contributed by atoms with E-state index in [9.17, 15) is 0 Å². The zero-order valence-electron chi connectivity index (χ0n) is 18.1. The average molecular weight is 379 g/mol. The van der Waals surface area contributed by atoms with Crippen LogP contribution in [0.2, 0.25) is 0 Å². The molecule has 6 nitrogen and oxygen atoms in total. The predicted molar refractivity (Wildman–Crippen MR) is 117 cm³/mol. The number of unbranched alkanes of at least 4 members (excludes halogenated alkanes) is 2. The third-order valence-electron chi connectivity index (χ3n) is 4.99. The summed E-state index contributed by atoms with van der Waals surface area (Å²) < 4.78 is 0. The van der Waals surface area contributed by atoms with Crippen molar-refractivity contribution in [2.24, 2.45) is 9.98 Å². The maximum atomic E-state index is 4.79. The number of hydrogen-bond donors (Lipinski definition) is 2. The van der Waals surface area contributed by atoms with E-state index in [0.29, 0.717) is 12.1 Å². The lowest BCUT2D eigenvalue weighted by molar-refractivity contribution is 0.480. The summed E-state index contributed by atoms with van der Waals surface area (Å²) in [4.78, 5) is 14.4. The molecule has 2 aliphatic heterocycles. The van der Waals surface area contributed by atoms with Gasteiger partial charge >= 0.3 is 0 Å². The Kier molecular flexibility index (Phi) is 9.78. The minimum Gasteiger partial charge on any atom is -0.356 e. The highest BCUT2D eigenvalue weighted by molar-refractivity contribution is 5.80. The molecule has 0 amide bonds. The second-order valence-electron chi connectivity index (χ2n) is 8.40. The molecule has 27 heavy (non-hydrogen) atoms. The molecule has 2 rings (SSSR count). The molecule has 0 bridgehead atoms. The molecule has 0 radical (unpaired) electrons. The SMILES string of the molecule is CC(C)/N=C(/NCCCCCN/C(=N/C(C)C)N1CCCC1)N1CCCC1. The number of nitrogens with one attached hydrogen (secondary N) is 2. The molecule has 0 aromatic rings. The van der Waals surface area contributed by atoms with Crippen molar-refractivity contribution in [3.8, 4) is 0 Å². The molecule has 0 atom stereocenters. The van der Waals surface area contributed by atoms with Gasteiger partial charge in [-0.1, -0.05) is 0 Å². The van der Waals surface area contributed by atoms with E-state index in [0.717, 1.165) is 51.2 Å². The van der Waals surface area contributed by atoms with E-state index in [1.165, 1.54) is 44.9 Å². The molecule has 2 aliphatic rings. The lowest BCUT2D eigenvalue weighted by Crippen LogP contribution is -2.41. The van der Waals surface area contributed by atoms with Crippen LogP contribution in [0, 0.1) is 0 Å². The van der Waals surface area contributed by atoms with Crippen molar-refractivity contribution in [3.63, 3.8) is 0 Å². The molecule has 2 N–H and O–H groups in total. The van der Waals surface area contributed by atoms with Crippen molar-refractivity contribution < 1.29 is 0 Å². The smallest absolute Gasteiger partial charge is 0.194 e. The summed E-state index contributed by atoms with van der Waals surface area (Å²) in [7, 11) is 0. The molecule has 0 aromatic carbocycles. The van der Waals surface area contributed by atoms with Crippen molar-refractivity contribution in [1.29, 1.82) is 0 Å². The molecule has 2 heterocycles. The third kappa shape index (κ3) is 8.39. The van der Waals surface area contributed by atoms with Crippen LogP contribution in [0.15, 0.2) is 9.98 Å². The fourth-order valence-electron chi connectivity index (χ4n) is 3.65. The molecular formula is C21H42N6. The van der Waals surface area contributed by atoms with E-state index in [2.05, 4.69) is 48.1 Å². The van der Waals surface area contributed by atoms with Gasteiger partial charge < -0.3 is 20.4 Å². The van der Waals surface area contributed by atoms with E-state index >= 15 is 0 Å². The van der Waals surface area contributed by atoms with Gasteiger partial charge in [0.05, 0.1) is 0 Å². The number of hydrogen-bond acceptors (Lipinski definition) is 2. The van der Waals surface area contributed by atoms with Gasteiger partial charge in [-0.3, -0.25) is 9.98 Å². The molecule has 156 valence electrons. The van der Waals surface area contributed by atoms with Crippen molar-refractivity contribution >= 4 is 11.9 Å². The molecule has 0 unspecified atom stereocenters. The quantitative estimate of drug-likeness (QED) is 0.387. The Morgan fingerprint density at radius 3 is 1.37 bits per heavy atom. The Hall–Kier alpha value is -1.46. The highest BCUT2D eigenvalue weighted by Crippen LogP contribution is 2.09. The second-order valence-corrected chi connectivity index (χ2v) is 8.40. The minimum atomic E-state index is 0.349. The predicted octanol–water partition coefficient (Wildman–Crippen LogP) is 3.06. The van der Waals surface area contributed by atoms with Crippen LogP contribution >= 0.6 is 0 Å². The van der Waals surface area contributed by atoms with E-state index < -0.39 is 0 Å². The summed E-state index contributed by atoms with van der Waals surface area (Å²) in [5, 5.41) is 7.17. The lowest BCUT2D eigenvalue weighted by Gasteiger charge is -2.23. The van der Waals surface area contributed by atoms with Crippen LogP contribution in [-0.2, 0) is 0 Å². The second kappa shape index (κ2) is 12.1. The summed E-state index contributed by atoms with van der Waals surface area (Å²) in [5.41, 5.74) is 0. The zero-order chi connectivity index (χ0) is 19.5. The monoisotopic (exact) mass is 378 g/mol. The van der Waals surface area contributed by atoms with Crippen LogP contribution in [0.5, 0.6) is 0 Å². The van der Waals surface area contributed by atoms with Gasteiger partial charge in [-0.15, -0.1) is 0 Å². The molecule has 0 saturated carbocycles. The van der Waals surface area contributed by atoms with E-state index in [1.807, 2.05) is 0 Å². The molecule has 0 spiro atoms. The van der Waals surface area contributed by atoms with Gasteiger partial charge in [0.2, 0.25) is 0 Å². The molecule has 6 heteroatoms. The first-order valence-electron chi connectivity index (χ1n) is 11.2. The number of nitrogens with zero attached hydrogens (tertiary/aromatic N) is 4. The molecule has 0 aromatic heterocycles. The minimum absolute atomic E-state index is 0.349. The topological polar surface area (TPSA) is 55.3 Å². The Balaban J connectivity index is 1.62. The van der Waals surface area contributed by atoms with Crippen molar-refractivity contribution in [3.05, 3.63) is 0 Å². The molecule has 0 aliphatic carbocycles. The van der Waals surface area contributed by atoms with Gasteiger partial charge in [0.1, 0.15) is 0 Å². The molecular weight excluding hydrogens is 336 g/mol. The van der Waals surface area contributed by atoms with Crippen LogP contribution in [0.1, 0.15) is 72.6 Å². The van der Waals surface area contributed by atoms with Crippen LogP contribution in [0.25, 0.3) is 0 Å². The Morgan fingerprint density at radius 1 is 0.667 bits per heavy atom. The number of guanidine groups is 2. The van der Waals surface area contributed by atoms with Crippen molar-refractivity contribution in [2.75, 3.05) is 39.3 Å². The van der Waals surface area contributed by atoms with E-state index in [4.69, 9.17) is 9.98 Å². The zero-order valence-corrected chi connectivity index (χ0v) is 18.1. The van der Waals surface area contributed by atoms with Gasteiger partial charge in [-0.05, 0) is 72.6 Å². The van der Waals surface area contributed by atoms with Crippen LogP contribution in [0.3, 0.4) is 0 Å². The summed E-state index contributed by atoms with van der Waals surface area (Å²) in [5.74, 6) is 2.22. The highest BCUT2D eigenvalue weighted by Gasteiger charge is 2.17. The number of likely N-dealkylation sites (tertiary alicyclic amines) is 2. The standard InChI is InChI=1S/C21H42N6/c1-18(2)24-20(26-14-8-9-15-26)22-12-6-5-7-13-23-21(25-19(3)4)27-16-10-11-17-27/h18-19H,5-17H2,1-4H3,(H,22,24)(H,23,25). The molecule has 2 saturated heterocycles. The Morgan fingerprint density at radius 2 is 1.04 bits per heavy atom. The largest absolute Gasteiger partial charge is 0.356 e. The summed E-state index contributed by atoms with van der Waals surface area (Å²) in [6, 6.07) is 0.697. The maximum absolute atomic E-state index is 4.79. The first-order valence-corrected chi connectivity index (χ1v) is 11.2. The van der Waals surface area contributed by atoms with Crippen LogP contribution < -0.4 is 10.6 Å². The summed E-state index contributed by atoms with van der Waals surface area (Å²) in [6.45, 7) is 15.2. The molecule has 2 fully saturated rings. The number of aliphatic imine (C=N–C) groups is 2. The van der Waals surface area contributed by atoms with Crippen molar-refractivity contribution in [2.45, 2.75) is 84.7 Å². The van der Waals surface area contributed by atoms with Gasteiger partial charge in [-0.25, -0.2) is 0 Å². The maximum Gasteiger partial charge on any atom is 0.194 e. The first-order chi connectivity index (χ1) is 13.1. The van der Waals surface area contributed by atoms with Crippen LogP contribution in [0.4, 0.5) is 0 Å². The number of rotatable bonds is 8. The fourth-order valence-corrected chi connectivity index (χ4v) is 3.65. The van der Waals surface area contributed by atoms with Gasteiger partial charge in [0, 0.05) is 51.4 Å². The Labute approximate surface area is 166 Å². The third-order valence-corrected chi connectivity index (χ3v) is 4.99. The average Bonchev–Trinajstić information content (AvgIpc) is 3.31. The Bertz CT molecular complexity index is 417. The summed E-state index contributed by atoms with van der Waals surface area (Å²) in [6.07, 6.45) is 8.77. The van der Waals surface area contributed by atoms with Crippen molar-refractivity contribution in [1.82, 2.24) is 20.4 Å². The first kappa shape index (κ1) is 21.8. The van der Waals surface area contributed by atoms with E-state index in [-0.39, 0.29) is 0 Å². The van der Waals surface area contributed by atoms with E-state index in [1.54, 1.807) is 0 Å². The highest BCUT2D eigenvalue weighted by atomic mass is 15.3.